The van der Waals surface area contributed by atoms with Gasteiger partial charge in [-0.25, -0.2) is 0 Å². The van der Waals surface area contributed by atoms with Crippen molar-refractivity contribution in [3.8, 4) is 11.5 Å². The first-order chi connectivity index (χ1) is 19.7. The van der Waals surface area contributed by atoms with E-state index in [2.05, 4.69) is 5.32 Å². The van der Waals surface area contributed by atoms with Gasteiger partial charge in [-0.1, -0.05) is 72.4 Å². The standard InChI is InChI=1S/C30H31Cl2N3O6/c1-40-28-17-24(13-14-26(28)35(38)39)41-19-29(36)34(18-21-11-12-22(31)16-25(21)32)27(15-20-7-3-2-4-8-20)30(37)33-23-9-5-6-10-23/h2-4,7-8,11-14,16-17,23,27H,5-6,9-10,15,18-19H2,1H3,(H,33,37)/t27-/m1/s1. The number of halogens is 2. The highest BCUT2D eigenvalue weighted by molar-refractivity contribution is 6.35. The van der Waals surface area contributed by atoms with Crippen LogP contribution in [0.2, 0.25) is 10.0 Å². The first kappa shape index (κ1) is 30.1. The molecule has 1 aliphatic carbocycles. The molecule has 2 amide bonds. The Morgan fingerprint density at radius 1 is 1.07 bits per heavy atom. The molecule has 0 aliphatic heterocycles. The molecule has 0 aromatic heterocycles. The molecule has 9 nitrogen and oxygen atoms in total. The van der Waals surface area contributed by atoms with Crippen molar-refractivity contribution >= 4 is 40.7 Å². The monoisotopic (exact) mass is 599 g/mol. The molecule has 4 rings (SSSR count). The zero-order chi connectivity index (χ0) is 29.4. The summed E-state index contributed by atoms with van der Waals surface area (Å²) in [6.07, 6.45) is 4.16. The molecule has 0 radical (unpaired) electrons. The number of hydrogen-bond acceptors (Lipinski definition) is 6. The molecule has 0 saturated heterocycles. The summed E-state index contributed by atoms with van der Waals surface area (Å²) in [5, 5.41) is 15.2. The van der Waals surface area contributed by atoms with E-state index < -0.39 is 23.5 Å². The van der Waals surface area contributed by atoms with Crippen LogP contribution in [0.5, 0.6) is 11.5 Å². The van der Waals surface area contributed by atoms with Gasteiger partial charge < -0.3 is 19.7 Å². The number of nitro benzene ring substituents is 1. The number of methoxy groups -OCH3 is 1. The maximum absolute atomic E-state index is 13.8. The summed E-state index contributed by atoms with van der Waals surface area (Å²) in [7, 11) is 1.31. The molecule has 1 atom stereocenters. The van der Waals surface area contributed by atoms with E-state index in [4.69, 9.17) is 32.7 Å². The number of amides is 2. The van der Waals surface area contributed by atoms with Crippen molar-refractivity contribution in [3.05, 3.63) is 98.0 Å². The smallest absolute Gasteiger partial charge is 0.311 e. The molecule has 1 saturated carbocycles. The fourth-order valence-corrected chi connectivity index (χ4v) is 5.35. The third-order valence-corrected chi connectivity index (χ3v) is 7.63. The van der Waals surface area contributed by atoms with Gasteiger partial charge in [-0.2, -0.15) is 0 Å². The number of rotatable bonds is 12. The number of nitro groups is 1. The van der Waals surface area contributed by atoms with Crippen molar-refractivity contribution in [1.29, 1.82) is 0 Å². The Bertz CT molecular complexity index is 1380. The Kier molecular flexibility index (Phi) is 10.4. The van der Waals surface area contributed by atoms with E-state index in [1.165, 1.54) is 30.2 Å². The molecule has 0 bridgehead atoms. The van der Waals surface area contributed by atoms with Crippen LogP contribution in [-0.4, -0.2) is 47.4 Å². The van der Waals surface area contributed by atoms with E-state index in [-0.39, 0.29) is 42.1 Å². The highest BCUT2D eigenvalue weighted by Crippen LogP contribution is 2.31. The molecule has 3 aromatic carbocycles. The largest absolute Gasteiger partial charge is 0.490 e. The first-order valence-corrected chi connectivity index (χ1v) is 14.0. The van der Waals surface area contributed by atoms with Gasteiger partial charge in [-0.3, -0.25) is 19.7 Å². The molecular weight excluding hydrogens is 569 g/mol. The lowest BCUT2D eigenvalue weighted by Crippen LogP contribution is -2.53. The molecule has 1 N–H and O–H groups in total. The van der Waals surface area contributed by atoms with Crippen LogP contribution >= 0.6 is 23.2 Å². The molecule has 3 aromatic rings. The Morgan fingerprint density at radius 3 is 2.46 bits per heavy atom. The van der Waals surface area contributed by atoms with Crippen LogP contribution in [0.25, 0.3) is 0 Å². The second-order valence-corrected chi connectivity index (χ2v) is 10.7. The molecule has 216 valence electrons. The van der Waals surface area contributed by atoms with Crippen LogP contribution in [-0.2, 0) is 22.6 Å². The van der Waals surface area contributed by atoms with E-state index in [1.54, 1.807) is 18.2 Å². The number of carbonyl (C=O) groups is 2. The third-order valence-electron chi connectivity index (χ3n) is 7.04. The second-order valence-electron chi connectivity index (χ2n) is 9.83. The van der Waals surface area contributed by atoms with Crippen molar-refractivity contribution in [2.75, 3.05) is 13.7 Å². The van der Waals surface area contributed by atoms with Crippen LogP contribution in [0.15, 0.2) is 66.7 Å². The summed E-state index contributed by atoms with van der Waals surface area (Å²) in [6, 6.07) is 17.7. The first-order valence-electron chi connectivity index (χ1n) is 13.3. The summed E-state index contributed by atoms with van der Waals surface area (Å²) in [6.45, 7) is -0.383. The molecule has 0 spiro atoms. The second kappa shape index (κ2) is 14.2. The lowest BCUT2D eigenvalue weighted by molar-refractivity contribution is -0.385. The number of benzene rings is 3. The number of hydrogen-bond donors (Lipinski definition) is 1. The molecule has 1 fully saturated rings. The fourth-order valence-electron chi connectivity index (χ4n) is 4.88. The van der Waals surface area contributed by atoms with E-state index in [0.717, 1.165) is 31.2 Å². The van der Waals surface area contributed by atoms with Crippen molar-refractivity contribution in [1.82, 2.24) is 10.2 Å². The topological polar surface area (TPSA) is 111 Å². The van der Waals surface area contributed by atoms with Crippen LogP contribution < -0.4 is 14.8 Å². The quantitative estimate of drug-likeness (QED) is 0.202. The highest BCUT2D eigenvalue weighted by Gasteiger charge is 2.33. The summed E-state index contributed by atoms with van der Waals surface area (Å²) in [4.78, 5) is 39.7. The summed E-state index contributed by atoms with van der Waals surface area (Å²) >= 11 is 12.6. The Morgan fingerprint density at radius 2 is 1.80 bits per heavy atom. The summed E-state index contributed by atoms with van der Waals surface area (Å²) < 4.78 is 10.9. The predicted molar refractivity (Wildman–Crippen MR) is 156 cm³/mol. The van der Waals surface area contributed by atoms with Crippen molar-refractivity contribution in [2.24, 2.45) is 0 Å². The van der Waals surface area contributed by atoms with E-state index in [1.807, 2.05) is 30.3 Å². The van der Waals surface area contributed by atoms with Crippen LogP contribution in [0.3, 0.4) is 0 Å². The summed E-state index contributed by atoms with van der Waals surface area (Å²) in [5.74, 6) is -0.505. The van der Waals surface area contributed by atoms with Gasteiger partial charge in [0.25, 0.3) is 5.91 Å². The minimum absolute atomic E-state index is 0.00245. The molecular formula is C30H31Cl2N3O6. The zero-order valence-electron chi connectivity index (χ0n) is 22.6. The molecule has 41 heavy (non-hydrogen) atoms. The molecule has 0 unspecified atom stereocenters. The predicted octanol–water partition coefficient (Wildman–Crippen LogP) is 5.99. The lowest BCUT2D eigenvalue weighted by atomic mass is 10.0. The Hall–Kier alpha value is -3.82. The highest BCUT2D eigenvalue weighted by atomic mass is 35.5. The van der Waals surface area contributed by atoms with Gasteiger partial charge in [0.2, 0.25) is 11.7 Å². The minimum Gasteiger partial charge on any atom is -0.490 e. The Balaban J connectivity index is 1.64. The van der Waals surface area contributed by atoms with Gasteiger partial charge in [0, 0.05) is 41.2 Å². The number of nitrogens with one attached hydrogen (secondary N) is 1. The van der Waals surface area contributed by atoms with Crippen molar-refractivity contribution in [3.63, 3.8) is 0 Å². The number of ether oxygens (including phenoxy) is 2. The van der Waals surface area contributed by atoms with Gasteiger partial charge in [0.1, 0.15) is 11.8 Å². The third kappa shape index (κ3) is 8.11. The van der Waals surface area contributed by atoms with E-state index >= 15 is 0 Å². The van der Waals surface area contributed by atoms with Gasteiger partial charge in [-0.15, -0.1) is 0 Å². The van der Waals surface area contributed by atoms with Crippen LogP contribution in [0.1, 0.15) is 36.8 Å². The molecule has 1 aliphatic rings. The normalized spacial score (nSPS) is 13.8. The maximum Gasteiger partial charge on any atom is 0.311 e. The van der Waals surface area contributed by atoms with Crippen molar-refractivity contribution < 1.29 is 24.0 Å². The Labute approximate surface area is 248 Å². The van der Waals surface area contributed by atoms with Gasteiger partial charge in [-0.05, 0) is 42.2 Å². The lowest BCUT2D eigenvalue weighted by Gasteiger charge is -2.32. The molecule has 11 heteroatoms. The van der Waals surface area contributed by atoms with Gasteiger partial charge in [0.15, 0.2) is 6.61 Å². The van der Waals surface area contributed by atoms with Crippen molar-refractivity contribution in [2.45, 2.75) is 50.7 Å². The van der Waals surface area contributed by atoms with Crippen LogP contribution in [0, 0.1) is 10.1 Å². The SMILES string of the molecule is COc1cc(OCC(=O)N(Cc2ccc(Cl)cc2Cl)[C@H](Cc2ccccc2)C(=O)NC2CCCC2)ccc1[N+](=O)[O-]. The average molecular weight is 600 g/mol. The van der Waals surface area contributed by atoms with E-state index in [9.17, 15) is 19.7 Å². The number of carbonyl (C=O) groups excluding carboxylic acids is 2. The number of nitrogens with zero attached hydrogens (tertiary/aromatic N) is 2. The van der Waals surface area contributed by atoms with Gasteiger partial charge >= 0.3 is 5.69 Å². The zero-order valence-corrected chi connectivity index (χ0v) is 24.1. The minimum atomic E-state index is -0.854. The summed E-state index contributed by atoms with van der Waals surface area (Å²) in [5.41, 5.74) is 1.28. The fraction of sp³-hybridized carbons (Fsp3) is 0.333. The molecule has 0 heterocycles. The van der Waals surface area contributed by atoms with Gasteiger partial charge in [0.05, 0.1) is 12.0 Å². The van der Waals surface area contributed by atoms with Crippen LogP contribution in [0.4, 0.5) is 5.69 Å². The maximum atomic E-state index is 13.8. The van der Waals surface area contributed by atoms with E-state index in [0.29, 0.717) is 15.6 Å². The average Bonchev–Trinajstić information content (AvgIpc) is 3.48.